The summed E-state index contributed by atoms with van der Waals surface area (Å²) in [5.74, 6) is 3.15. The van der Waals surface area contributed by atoms with E-state index in [2.05, 4.69) is 34.7 Å². The second-order valence-electron chi connectivity index (χ2n) is 5.31. The van der Waals surface area contributed by atoms with Crippen LogP contribution in [0.15, 0.2) is 11.6 Å². The molecule has 0 N–H and O–H groups in total. The van der Waals surface area contributed by atoms with Gasteiger partial charge in [0.25, 0.3) is 0 Å². The fourth-order valence-corrected chi connectivity index (χ4v) is 3.70. The van der Waals surface area contributed by atoms with Crippen LogP contribution in [0, 0.1) is 11.8 Å². The van der Waals surface area contributed by atoms with Gasteiger partial charge in [0.05, 0.1) is 11.6 Å². The SMILES string of the molecule is CC(C)C1CCN(c2nc3sccn3c2CCl)C1. The van der Waals surface area contributed by atoms with Crippen molar-refractivity contribution in [3.63, 3.8) is 0 Å². The molecule has 0 bridgehead atoms. The molecule has 1 aliphatic rings. The Kier molecular flexibility index (Phi) is 3.24. The summed E-state index contributed by atoms with van der Waals surface area (Å²) in [6.07, 6.45) is 3.33. The van der Waals surface area contributed by atoms with Crippen molar-refractivity contribution < 1.29 is 0 Å². The molecule has 0 aromatic carbocycles. The summed E-state index contributed by atoms with van der Waals surface area (Å²) in [5, 5.41) is 2.06. The van der Waals surface area contributed by atoms with Crippen LogP contribution in [0.1, 0.15) is 26.0 Å². The summed E-state index contributed by atoms with van der Waals surface area (Å²) in [6, 6.07) is 0. The van der Waals surface area contributed by atoms with E-state index < -0.39 is 0 Å². The summed E-state index contributed by atoms with van der Waals surface area (Å²) >= 11 is 7.77. The Morgan fingerprint density at radius 2 is 2.39 bits per heavy atom. The van der Waals surface area contributed by atoms with Crippen LogP contribution in [0.25, 0.3) is 4.96 Å². The lowest BCUT2D eigenvalue weighted by Crippen LogP contribution is -2.22. The van der Waals surface area contributed by atoms with Gasteiger partial charge in [-0.25, -0.2) is 4.98 Å². The van der Waals surface area contributed by atoms with Gasteiger partial charge in [0.2, 0.25) is 0 Å². The van der Waals surface area contributed by atoms with E-state index in [0.717, 1.165) is 41.4 Å². The van der Waals surface area contributed by atoms with Crippen LogP contribution in [0.3, 0.4) is 0 Å². The van der Waals surface area contributed by atoms with Crippen molar-refractivity contribution in [3.8, 4) is 0 Å². The quantitative estimate of drug-likeness (QED) is 0.802. The molecule has 5 heteroatoms. The minimum absolute atomic E-state index is 0.524. The number of aromatic nitrogens is 2. The zero-order valence-corrected chi connectivity index (χ0v) is 12.3. The highest BCUT2D eigenvalue weighted by atomic mass is 35.5. The summed E-state index contributed by atoms with van der Waals surface area (Å²) < 4.78 is 2.12. The third-order valence-electron chi connectivity index (χ3n) is 3.93. The molecular weight excluding hydrogens is 266 g/mol. The van der Waals surface area contributed by atoms with Crippen molar-refractivity contribution in [3.05, 3.63) is 17.3 Å². The molecule has 1 fully saturated rings. The zero-order chi connectivity index (χ0) is 12.7. The van der Waals surface area contributed by atoms with Gasteiger partial charge >= 0.3 is 0 Å². The summed E-state index contributed by atoms with van der Waals surface area (Å²) in [6.45, 7) is 6.84. The molecule has 0 amide bonds. The van der Waals surface area contributed by atoms with Crippen molar-refractivity contribution in [1.29, 1.82) is 0 Å². The molecule has 98 valence electrons. The number of halogens is 1. The minimum atomic E-state index is 0.524. The number of hydrogen-bond acceptors (Lipinski definition) is 3. The van der Waals surface area contributed by atoms with Crippen LogP contribution in [-0.4, -0.2) is 22.5 Å². The summed E-state index contributed by atoms with van der Waals surface area (Å²) in [4.78, 5) is 8.20. The van der Waals surface area contributed by atoms with Crippen molar-refractivity contribution >= 4 is 33.7 Å². The fourth-order valence-electron chi connectivity index (χ4n) is 2.72. The maximum Gasteiger partial charge on any atom is 0.195 e. The van der Waals surface area contributed by atoms with Crippen LogP contribution in [0.4, 0.5) is 5.82 Å². The van der Waals surface area contributed by atoms with Gasteiger partial charge in [-0.3, -0.25) is 4.40 Å². The largest absolute Gasteiger partial charge is 0.355 e. The third kappa shape index (κ3) is 1.91. The molecular formula is C13H18ClN3S. The highest BCUT2D eigenvalue weighted by Crippen LogP contribution is 2.32. The van der Waals surface area contributed by atoms with E-state index in [1.807, 2.05) is 0 Å². The van der Waals surface area contributed by atoms with Crippen molar-refractivity contribution in [2.24, 2.45) is 11.8 Å². The molecule has 0 radical (unpaired) electrons. The van der Waals surface area contributed by atoms with Crippen LogP contribution >= 0.6 is 22.9 Å². The minimum Gasteiger partial charge on any atom is -0.355 e. The molecule has 0 spiro atoms. The number of imidazole rings is 1. The second-order valence-corrected chi connectivity index (χ2v) is 6.45. The first-order chi connectivity index (χ1) is 8.70. The number of hydrogen-bond donors (Lipinski definition) is 0. The average Bonchev–Trinajstić information content (AvgIpc) is 3.02. The maximum atomic E-state index is 6.10. The van der Waals surface area contributed by atoms with Crippen molar-refractivity contribution in [2.75, 3.05) is 18.0 Å². The van der Waals surface area contributed by atoms with Gasteiger partial charge in [0.1, 0.15) is 0 Å². The lowest BCUT2D eigenvalue weighted by atomic mass is 9.95. The van der Waals surface area contributed by atoms with Crippen LogP contribution in [-0.2, 0) is 5.88 Å². The van der Waals surface area contributed by atoms with Gasteiger partial charge in [0.15, 0.2) is 10.8 Å². The summed E-state index contributed by atoms with van der Waals surface area (Å²) in [5.41, 5.74) is 1.14. The molecule has 0 saturated carbocycles. The second kappa shape index (κ2) is 4.74. The normalized spacial score (nSPS) is 20.4. The highest BCUT2D eigenvalue weighted by Gasteiger charge is 2.28. The molecule has 1 saturated heterocycles. The predicted molar refractivity (Wildman–Crippen MR) is 77.8 cm³/mol. The molecule has 3 nitrogen and oxygen atoms in total. The molecule has 2 aromatic heterocycles. The number of nitrogens with zero attached hydrogens (tertiary/aromatic N) is 3. The fraction of sp³-hybridized carbons (Fsp3) is 0.615. The van der Waals surface area contributed by atoms with Gasteiger partial charge in [-0.15, -0.1) is 22.9 Å². The number of alkyl halides is 1. The van der Waals surface area contributed by atoms with Gasteiger partial charge in [-0.2, -0.15) is 0 Å². The molecule has 18 heavy (non-hydrogen) atoms. The van der Waals surface area contributed by atoms with E-state index in [-0.39, 0.29) is 0 Å². The Hall–Kier alpha value is -0.740. The van der Waals surface area contributed by atoms with Crippen LogP contribution in [0.2, 0.25) is 0 Å². The average molecular weight is 284 g/mol. The van der Waals surface area contributed by atoms with Crippen LogP contribution < -0.4 is 4.90 Å². The van der Waals surface area contributed by atoms with Gasteiger partial charge < -0.3 is 4.90 Å². The molecule has 1 atom stereocenters. The van der Waals surface area contributed by atoms with Gasteiger partial charge in [-0.1, -0.05) is 13.8 Å². The van der Waals surface area contributed by atoms with E-state index in [9.17, 15) is 0 Å². The predicted octanol–water partition coefficient (Wildman–Crippen LogP) is 3.62. The molecule has 2 aromatic rings. The van der Waals surface area contributed by atoms with Gasteiger partial charge in [-0.05, 0) is 18.3 Å². The first-order valence-corrected chi connectivity index (χ1v) is 7.87. The topological polar surface area (TPSA) is 20.5 Å². The number of thiazole rings is 1. The molecule has 1 aliphatic heterocycles. The first-order valence-electron chi connectivity index (χ1n) is 6.46. The Morgan fingerprint density at radius 1 is 1.56 bits per heavy atom. The Bertz CT molecular complexity index is 545. The molecule has 3 heterocycles. The monoisotopic (exact) mass is 283 g/mol. The lowest BCUT2D eigenvalue weighted by Gasteiger charge is -2.18. The third-order valence-corrected chi connectivity index (χ3v) is 4.94. The summed E-state index contributed by atoms with van der Waals surface area (Å²) in [7, 11) is 0. The Balaban J connectivity index is 1.92. The smallest absolute Gasteiger partial charge is 0.195 e. The maximum absolute atomic E-state index is 6.10. The highest BCUT2D eigenvalue weighted by molar-refractivity contribution is 7.15. The van der Waals surface area contributed by atoms with Crippen LogP contribution in [0.5, 0.6) is 0 Å². The van der Waals surface area contributed by atoms with Crippen molar-refractivity contribution in [1.82, 2.24) is 9.38 Å². The van der Waals surface area contributed by atoms with E-state index in [1.54, 1.807) is 11.3 Å². The lowest BCUT2D eigenvalue weighted by molar-refractivity contribution is 0.422. The first kappa shape index (κ1) is 12.3. The van der Waals surface area contributed by atoms with Gasteiger partial charge in [0, 0.05) is 24.7 Å². The molecule has 1 unspecified atom stereocenters. The van der Waals surface area contributed by atoms with Crippen molar-refractivity contribution in [2.45, 2.75) is 26.1 Å². The van der Waals surface area contributed by atoms with E-state index >= 15 is 0 Å². The standard InChI is InChI=1S/C13H18ClN3S/c1-9(2)10-3-4-16(8-10)12-11(7-14)17-5-6-18-13(17)15-12/h5-6,9-10H,3-4,7-8H2,1-2H3. The zero-order valence-electron chi connectivity index (χ0n) is 10.8. The van der Waals surface area contributed by atoms with E-state index in [1.165, 1.54) is 6.42 Å². The van der Waals surface area contributed by atoms with E-state index in [4.69, 9.17) is 16.6 Å². The number of fused-ring (bicyclic) bond motifs is 1. The molecule has 3 rings (SSSR count). The Labute approximate surface area is 116 Å². The Morgan fingerprint density at radius 3 is 3.06 bits per heavy atom. The van der Waals surface area contributed by atoms with E-state index in [0.29, 0.717) is 5.88 Å². The number of anilines is 1. The molecule has 0 aliphatic carbocycles. The number of rotatable bonds is 3.